The summed E-state index contributed by atoms with van der Waals surface area (Å²) in [5.74, 6) is 3.52. The third kappa shape index (κ3) is 2.82. The molecule has 5 heteroatoms. The minimum Gasteiger partial charge on any atom is -0.337 e. The minimum atomic E-state index is 0.190. The number of hydrogen-bond acceptors (Lipinski definition) is 5. The van der Waals surface area contributed by atoms with Gasteiger partial charge in [-0.2, -0.15) is 16.7 Å². The van der Waals surface area contributed by atoms with E-state index >= 15 is 0 Å². The van der Waals surface area contributed by atoms with Gasteiger partial charge < -0.3 is 9.84 Å². The van der Waals surface area contributed by atoms with Gasteiger partial charge in [-0.05, 0) is 12.0 Å². The van der Waals surface area contributed by atoms with Gasteiger partial charge in [0.2, 0.25) is 11.7 Å². The van der Waals surface area contributed by atoms with Crippen molar-refractivity contribution in [1.82, 2.24) is 15.5 Å². The van der Waals surface area contributed by atoms with Gasteiger partial charge in [0, 0.05) is 23.6 Å². The molecule has 1 saturated heterocycles. The lowest BCUT2D eigenvalue weighted by molar-refractivity contribution is 0.342. The van der Waals surface area contributed by atoms with Gasteiger partial charge >= 0.3 is 0 Å². The molecule has 1 N–H and O–H groups in total. The highest BCUT2D eigenvalue weighted by atomic mass is 32.2. The van der Waals surface area contributed by atoms with E-state index in [2.05, 4.69) is 46.6 Å². The summed E-state index contributed by atoms with van der Waals surface area (Å²) in [6, 6.07) is 8.52. The first-order valence-corrected chi connectivity index (χ1v) is 7.76. The van der Waals surface area contributed by atoms with Gasteiger partial charge in [0.1, 0.15) is 0 Å². The lowest BCUT2D eigenvalue weighted by Crippen LogP contribution is -2.30. The molecule has 0 bridgehead atoms. The van der Waals surface area contributed by atoms with Crippen molar-refractivity contribution in [3.63, 3.8) is 0 Å². The maximum Gasteiger partial charge on any atom is 0.244 e. The highest BCUT2D eigenvalue weighted by molar-refractivity contribution is 7.99. The van der Waals surface area contributed by atoms with Crippen LogP contribution in [0.15, 0.2) is 28.8 Å². The van der Waals surface area contributed by atoms with E-state index in [0.29, 0.717) is 11.7 Å². The van der Waals surface area contributed by atoms with Crippen molar-refractivity contribution in [2.24, 2.45) is 0 Å². The molecule has 3 rings (SSSR count). The molecule has 2 heterocycles. The largest absolute Gasteiger partial charge is 0.337 e. The van der Waals surface area contributed by atoms with Gasteiger partial charge in [-0.15, -0.1) is 0 Å². The first-order chi connectivity index (χ1) is 9.36. The molecule has 0 radical (unpaired) electrons. The van der Waals surface area contributed by atoms with Crippen LogP contribution in [-0.4, -0.2) is 28.2 Å². The van der Waals surface area contributed by atoms with Crippen LogP contribution in [0.2, 0.25) is 0 Å². The molecule has 2 aromatic rings. The van der Waals surface area contributed by atoms with E-state index in [1.54, 1.807) is 0 Å². The van der Waals surface area contributed by atoms with Gasteiger partial charge in [0.25, 0.3) is 0 Å². The van der Waals surface area contributed by atoms with Crippen molar-refractivity contribution in [2.45, 2.75) is 19.4 Å². The highest BCUT2D eigenvalue weighted by Crippen LogP contribution is 2.23. The Morgan fingerprint density at radius 3 is 2.89 bits per heavy atom. The predicted octanol–water partition coefficient (Wildman–Crippen LogP) is 2.68. The Hall–Kier alpha value is -1.33. The molecule has 1 aromatic heterocycles. The SMILES string of the molecule is CCc1ccc(-c2noc(C3CSCCN3)n2)cc1. The number of hydrogen-bond donors (Lipinski definition) is 1. The Morgan fingerprint density at radius 1 is 1.37 bits per heavy atom. The standard InChI is InChI=1S/C14H17N3OS/c1-2-10-3-5-11(6-4-10)13-16-14(18-17-13)12-9-19-8-7-15-12/h3-6,12,15H,2,7-9H2,1H3. The topological polar surface area (TPSA) is 51.0 Å². The summed E-state index contributed by atoms with van der Waals surface area (Å²) in [7, 11) is 0. The van der Waals surface area contributed by atoms with E-state index in [9.17, 15) is 0 Å². The molecule has 0 amide bonds. The van der Waals surface area contributed by atoms with Gasteiger partial charge in [-0.25, -0.2) is 0 Å². The van der Waals surface area contributed by atoms with Crippen molar-refractivity contribution in [3.05, 3.63) is 35.7 Å². The van der Waals surface area contributed by atoms with E-state index in [0.717, 1.165) is 30.0 Å². The van der Waals surface area contributed by atoms with Crippen LogP contribution in [0, 0.1) is 0 Å². The third-order valence-corrected chi connectivity index (χ3v) is 4.34. The molecule has 0 saturated carbocycles. The van der Waals surface area contributed by atoms with Crippen molar-refractivity contribution in [1.29, 1.82) is 0 Å². The molecule has 1 aliphatic heterocycles. The van der Waals surface area contributed by atoms with Gasteiger partial charge in [0.05, 0.1) is 6.04 Å². The summed E-state index contributed by atoms with van der Waals surface area (Å²) in [4.78, 5) is 4.51. The Bertz CT molecular complexity index is 532. The fourth-order valence-electron chi connectivity index (χ4n) is 2.11. The van der Waals surface area contributed by atoms with Crippen LogP contribution in [0.4, 0.5) is 0 Å². The molecule has 19 heavy (non-hydrogen) atoms. The molecule has 100 valence electrons. The Labute approximate surface area is 117 Å². The summed E-state index contributed by atoms with van der Waals surface area (Å²) >= 11 is 1.92. The second-order valence-electron chi connectivity index (χ2n) is 4.59. The van der Waals surface area contributed by atoms with Crippen molar-refractivity contribution >= 4 is 11.8 Å². The smallest absolute Gasteiger partial charge is 0.244 e. The molecule has 0 aliphatic carbocycles. The van der Waals surface area contributed by atoms with Crippen LogP contribution in [-0.2, 0) is 6.42 Å². The second kappa shape index (κ2) is 5.75. The van der Waals surface area contributed by atoms with Gasteiger partial charge in [-0.1, -0.05) is 36.3 Å². The maximum atomic E-state index is 5.38. The molecular formula is C14H17N3OS. The Balaban J connectivity index is 1.79. The van der Waals surface area contributed by atoms with E-state index in [-0.39, 0.29) is 6.04 Å². The monoisotopic (exact) mass is 275 g/mol. The zero-order valence-electron chi connectivity index (χ0n) is 10.9. The highest BCUT2D eigenvalue weighted by Gasteiger charge is 2.21. The van der Waals surface area contributed by atoms with Crippen LogP contribution >= 0.6 is 11.8 Å². The maximum absolute atomic E-state index is 5.38. The van der Waals surface area contributed by atoms with E-state index in [1.807, 2.05) is 11.8 Å². The first-order valence-electron chi connectivity index (χ1n) is 6.61. The Kier molecular flexibility index (Phi) is 3.84. The fraction of sp³-hybridized carbons (Fsp3) is 0.429. The van der Waals surface area contributed by atoms with Crippen molar-refractivity contribution < 1.29 is 4.52 Å². The third-order valence-electron chi connectivity index (χ3n) is 3.28. The van der Waals surface area contributed by atoms with Crippen LogP contribution in [0.5, 0.6) is 0 Å². The summed E-state index contributed by atoms with van der Waals surface area (Å²) in [5.41, 5.74) is 2.33. The van der Waals surface area contributed by atoms with Crippen molar-refractivity contribution in [3.8, 4) is 11.4 Å². The van der Waals surface area contributed by atoms with E-state index < -0.39 is 0 Å². The average Bonchev–Trinajstić information content (AvgIpc) is 2.98. The number of aromatic nitrogens is 2. The minimum absolute atomic E-state index is 0.190. The number of thioether (sulfide) groups is 1. The number of nitrogens with one attached hydrogen (secondary N) is 1. The second-order valence-corrected chi connectivity index (χ2v) is 5.74. The lowest BCUT2D eigenvalue weighted by atomic mass is 10.1. The number of nitrogens with zero attached hydrogens (tertiary/aromatic N) is 2. The van der Waals surface area contributed by atoms with Gasteiger partial charge in [-0.3, -0.25) is 0 Å². The first kappa shape index (κ1) is 12.7. The molecule has 1 fully saturated rings. The summed E-state index contributed by atoms with van der Waals surface area (Å²) < 4.78 is 5.38. The lowest BCUT2D eigenvalue weighted by Gasteiger charge is -2.19. The summed E-state index contributed by atoms with van der Waals surface area (Å²) in [6.07, 6.45) is 1.04. The quantitative estimate of drug-likeness (QED) is 0.933. The van der Waals surface area contributed by atoms with Gasteiger partial charge in [0.15, 0.2) is 0 Å². The number of aryl methyl sites for hydroxylation is 1. The summed E-state index contributed by atoms with van der Waals surface area (Å²) in [5, 5.41) is 7.48. The molecule has 0 spiro atoms. The van der Waals surface area contributed by atoms with Crippen LogP contribution in [0.25, 0.3) is 11.4 Å². The molecule has 4 nitrogen and oxygen atoms in total. The zero-order chi connectivity index (χ0) is 13.1. The summed E-state index contributed by atoms with van der Waals surface area (Å²) in [6.45, 7) is 3.14. The number of benzene rings is 1. The fourth-order valence-corrected chi connectivity index (χ4v) is 3.03. The average molecular weight is 275 g/mol. The Morgan fingerprint density at radius 2 is 2.21 bits per heavy atom. The normalized spacial score (nSPS) is 19.5. The molecule has 1 atom stereocenters. The molecule has 1 unspecified atom stereocenters. The van der Waals surface area contributed by atoms with Crippen LogP contribution < -0.4 is 5.32 Å². The van der Waals surface area contributed by atoms with Crippen LogP contribution in [0.1, 0.15) is 24.4 Å². The molecule has 1 aromatic carbocycles. The predicted molar refractivity (Wildman–Crippen MR) is 77.2 cm³/mol. The zero-order valence-corrected chi connectivity index (χ0v) is 11.7. The van der Waals surface area contributed by atoms with Crippen LogP contribution in [0.3, 0.4) is 0 Å². The molecule has 1 aliphatic rings. The van der Waals surface area contributed by atoms with Crippen molar-refractivity contribution in [2.75, 3.05) is 18.1 Å². The van der Waals surface area contributed by atoms with E-state index in [4.69, 9.17) is 4.52 Å². The van der Waals surface area contributed by atoms with E-state index in [1.165, 1.54) is 5.56 Å². The number of rotatable bonds is 3. The molecular weight excluding hydrogens is 258 g/mol.